The Morgan fingerprint density at radius 3 is 2.47 bits per heavy atom. The molecule has 4 rings (SSSR count). The van der Waals surface area contributed by atoms with Crippen LogP contribution in [0.25, 0.3) is 22.3 Å². The predicted octanol–water partition coefficient (Wildman–Crippen LogP) is 4.30. The summed E-state index contributed by atoms with van der Waals surface area (Å²) in [6.07, 6.45) is 3.32. The van der Waals surface area contributed by atoms with Crippen LogP contribution < -0.4 is 15.7 Å². The molecule has 0 saturated carbocycles. The number of benzene rings is 2. The van der Waals surface area contributed by atoms with Crippen molar-refractivity contribution in [2.24, 2.45) is 0 Å². The highest BCUT2D eigenvalue weighted by Gasteiger charge is 2.17. The van der Waals surface area contributed by atoms with Gasteiger partial charge in [0.15, 0.2) is 5.65 Å². The molecule has 0 atom stereocenters. The Kier molecular flexibility index (Phi) is 6.03. The summed E-state index contributed by atoms with van der Waals surface area (Å²) in [6, 6.07) is 21.5. The third kappa shape index (κ3) is 4.17. The van der Waals surface area contributed by atoms with E-state index in [1.54, 1.807) is 6.07 Å². The zero-order valence-corrected chi connectivity index (χ0v) is 16.9. The van der Waals surface area contributed by atoms with Gasteiger partial charge in [0.1, 0.15) is 12.9 Å². The number of hydrogen-bond donors (Lipinski definition) is 1. The monoisotopic (exact) mass is 400 g/mol. The van der Waals surface area contributed by atoms with E-state index in [2.05, 4.69) is 22.2 Å². The summed E-state index contributed by atoms with van der Waals surface area (Å²) >= 11 is 0. The topological polar surface area (TPSA) is 69.0 Å². The van der Waals surface area contributed by atoms with Crippen LogP contribution in [0.3, 0.4) is 0 Å². The Hall–Kier alpha value is -3.67. The van der Waals surface area contributed by atoms with Crippen molar-refractivity contribution in [1.29, 1.82) is 0 Å². The van der Waals surface area contributed by atoms with E-state index in [-0.39, 0.29) is 5.56 Å². The molecule has 0 spiro atoms. The number of anilines is 1. The van der Waals surface area contributed by atoms with Crippen molar-refractivity contribution in [3.05, 3.63) is 89.0 Å². The summed E-state index contributed by atoms with van der Waals surface area (Å²) in [5.74, 6) is 0. The average molecular weight is 400 g/mol. The molecule has 0 radical (unpaired) electrons. The summed E-state index contributed by atoms with van der Waals surface area (Å²) < 4.78 is 1.28. The van der Waals surface area contributed by atoms with Gasteiger partial charge in [-0.25, -0.2) is 9.97 Å². The Labute approximate surface area is 175 Å². The smallest absolute Gasteiger partial charge is 0.287 e. The van der Waals surface area contributed by atoms with Crippen molar-refractivity contribution in [3.8, 4) is 11.3 Å². The summed E-state index contributed by atoms with van der Waals surface area (Å²) in [7, 11) is 0. The van der Waals surface area contributed by atoms with Crippen LogP contribution in [0, 0.1) is 0 Å². The molecule has 0 aliphatic carbocycles. The Morgan fingerprint density at radius 1 is 1.00 bits per heavy atom. The molecule has 2 heterocycles. The molecule has 0 aliphatic heterocycles. The van der Waals surface area contributed by atoms with Gasteiger partial charge in [0.25, 0.3) is 5.56 Å². The average Bonchev–Trinajstić information content (AvgIpc) is 2.80. The minimum atomic E-state index is -0.258. The molecule has 0 unspecified atom stereocenters. The third-order valence-corrected chi connectivity index (χ3v) is 4.85. The Morgan fingerprint density at radius 2 is 1.73 bits per heavy atom. The molecule has 2 aromatic carbocycles. The van der Waals surface area contributed by atoms with E-state index < -0.39 is 0 Å². The number of unbranched alkanes of at least 4 members (excludes halogenated alkanes) is 1. The van der Waals surface area contributed by atoms with Gasteiger partial charge in [0, 0.05) is 18.2 Å². The van der Waals surface area contributed by atoms with Crippen molar-refractivity contribution in [2.75, 3.05) is 11.9 Å². The van der Waals surface area contributed by atoms with Crippen molar-refractivity contribution in [3.63, 3.8) is 0 Å². The molecule has 0 fully saturated rings. The summed E-state index contributed by atoms with van der Waals surface area (Å²) in [6.45, 7) is 3.11. The highest BCUT2D eigenvalue weighted by molar-refractivity contribution is 5.99. The zero-order valence-electron chi connectivity index (χ0n) is 16.9. The molecule has 0 saturated heterocycles. The van der Waals surface area contributed by atoms with Gasteiger partial charge in [-0.3, -0.25) is 4.79 Å². The lowest BCUT2D eigenvalue weighted by atomic mass is 10.1. The van der Waals surface area contributed by atoms with Gasteiger partial charge in [-0.1, -0.05) is 74.0 Å². The second-order valence-electron chi connectivity index (χ2n) is 7.00. The zero-order chi connectivity index (χ0) is 20.8. The summed E-state index contributed by atoms with van der Waals surface area (Å²) in [5.41, 5.74) is 3.71. The Balaban J connectivity index is 1.85. The molecule has 0 aliphatic rings. The second kappa shape index (κ2) is 9.22. The molecule has 4 aromatic rings. The lowest BCUT2D eigenvalue weighted by Crippen LogP contribution is -2.28. The molecule has 0 bridgehead atoms. The molecular weight excluding hydrogens is 376 g/mol. The third-order valence-electron chi connectivity index (χ3n) is 4.85. The minimum Gasteiger partial charge on any atom is -0.409 e. The van der Waals surface area contributed by atoms with Gasteiger partial charge in [-0.05, 0) is 12.0 Å². The molecule has 152 valence electrons. The first-order valence-electron chi connectivity index (χ1n) is 10.1. The van der Waals surface area contributed by atoms with Crippen LogP contribution in [0.5, 0.6) is 0 Å². The number of hydrogen-bond acceptors (Lipinski definition) is 5. The van der Waals surface area contributed by atoms with E-state index in [1.807, 2.05) is 60.7 Å². The molecular formula is C24H24N4O2. The van der Waals surface area contributed by atoms with Crippen LogP contribution in [0.4, 0.5) is 5.69 Å². The van der Waals surface area contributed by atoms with Crippen LogP contribution in [0.15, 0.2) is 77.9 Å². The first kappa shape index (κ1) is 19.6. The fourth-order valence-corrected chi connectivity index (χ4v) is 3.31. The number of rotatable bonds is 8. The van der Waals surface area contributed by atoms with Crippen molar-refractivity contribution in [2.45, 2.75) is 26.3 Å². The van der Waals surface area contributed by atoms with E-state index >= 15 is 0 Å². The van der Waals surface area contributed by atoms with E-state index in [0.29, 0.717) is 24.5 Å². The highest BCUT2D eigenvalue weighted by atomic mass is 16.7. The first-order chi connectivity index (χ1) is 14.8. The van der Waals surface area contributed by atoms with E-state index in [0.717, 1.165) is 35.0 Å². The number of nitrogens with zero attached hydrogens (tertiary/aromatic N) is 3. The largest absolute Gasteiger partial charge is 0.409 e. The standard InChI is InChI=1S/C24H24N4O2/c1-2-3-14-30-28-21(29)15-20(25-16-18-10-6-4-7-11-18)22-23(26-17-27-24(22)28)19-12-8-5-9-13-19/h4-13,15,17,25H,2-3,14,16H2,1H3. The van der Waals surface area contributed by atoms with Crippen molar-refractivity contribution >= 4 is 16.7 Å². The van der Waals surface area contributed by atoms with Crippen LogP contribution in [-0.2, 0) is 6.54 Å². The lowest BCUT2D eigenvalue weighted by Gasteiger charge is -2.16. The van der Waals surface area contributed by atoms with E-state index in [4.69, 9.17) is 4.84 Å². The summed E-state index contributed by atoms with van der Waals surface area (Å²) in [4.78, 5) is 27.6. The minimum absolute atomic E-state index is 0.258. The van der Waals surface area contributed by atoms with Gasteiger partial charge in [-0.2, -0.15) is 0 Å². The van der Waals surface area contributed by atoms with Crippen molar-refractivity contribution in [1.82, 2.24) is 14.7 Å². The van der Waals surface area contributed by atoms with Gasteiger partial charge in [0.2, 0.25) is 0 Å². The Bertz CT molecular complexity index is 1170. The number of nitrogens with one attached hydrogen (secondary N) is 1. The van der Waals surface area contributed by atoms with E-state index in [9.17, 15) is 4.79 Å². The van der Waals surface area contributed by atoms with Gasteiger partial charge < -0.3 is 10.2 Å². The maximum Gasteiger partial charge on any atom is 0.287 e. The van der Waals surface area contributed by atoms with Gasteiger partial charge in [0.05, 0.1) is 16.8 Å². The predicted molar refractivity (Wildman–Crippen MR) is 119 cm³/mol. The molecule has 30 heavy (non-hydrogen) atoms. The maximum atomic E-state index is 12.8. The SMILES string of the molecule is CCCCOn1c(=O)cc(NCc2ccccc2)c2c(-c3ccccc3)ncnc21. The fraction of sp³-hybridized carbons (Fsp3) is 0.208. The maximum absolute atomic E-state index is 12.8. The first-order valence-corrected chi connectivity index (χ1v) is 10.1. The molecule has 0 amide bonds. The molecule has 1 N–H and O–H groups in total. The molecule has 2 aromatic heterocycles. The van der Waals surface area contributed by atoms with Gasteiger partial charge in [-0.15, -0.1) is 4.73 Å². The summed E-state index contributed by atoms with van der Waals surface area (Å²) in [5, 5.41) is 4.16. The van der Waals surface area contributed by atoms with Crippen LogP contribution in [0.1, 0.15) is 25.3 Å². The van der Waals surface area contributed by atoms with Gasteiger partial charge >= 0.3 is 0 Å². The number of aromatic nitrogens is 3. The number of pyridine rings is 1. The van der Waals surface area contributed by atoms with E-state index in [1.165, 1.54) is 11.1 Å². The number of fused-ring (bicyclic) bond motifs is 1. The quantitative estimate of drug-likeness (QED) is 0.447. The second-order valence-corrected chi connectivity index (χ2v) is 7.00. The van der Waals surface area contributed by atoms with Crippen LogP contribution in [0.2, 0.25) is 0 Å². The van der Waals surface area contributed by atoms with Crippen LogP contribution >= 0.6 is 0 Å². The van der Waals surface area contributed by atoms with Crippen molar-refractivity contribution < 1.29 is 4.84 Å². The molecule has 6 heteroatoms. The molecule has 6 nitrogen and oxygen atoms in total. The lowest BCUT2D eigenvalue weighted by molar-refractivity contribution is 0.108. The normalized spacial score (nSPS) is 10.8. The fourth-order valence-electron chi connectivity index (χ4n) is 3.31. The highest BCUT2D eigenvalue weighted by Crippen LogP contribution is 2.30. The van der Waals surface area contributed by atoms with Crippen LogP contribution in [-0.4, -0.2) is 21.3 Å².